The number of hydrogen-bond donors (Lipinski definition) is 0. The van der Waals surface area contributed by atoms with Crippen LogP contribution in [0.25, 0.3) is 0 Å². The van der Waals surface area contributed by atoms with Crippen molar-refractivity contribution in [2.75, 3.05) is 0 Å². The molecule has 35 heavy (non-hydrogen) atoms. The van der Waals surface area contributed by atoms with Gasteiger partial charge in [-0.3, -0.25) is 0 Å². The fourth-order valence-corrected chi connectivity index (χ4v) is 6.18. The Kier molecular flexibility index (Phi) is 17.6. The van der Waals surface area contributed by atoms with Crippen molar-refractivity contribution in [3.05, 3.63) is 99.4 Å². The molecular weight excluding hydrogens is 546 g/mol. The first kappa shape index (κ1) is 32.7. The molecule has 0 amide bonds. The Hall–Kier alpha value is -0.357. The monoisotopic (exact) mass is 590 g/mol. The van der Waals surface area contributed by atoms with Crippen molar-refractivity contribution in [2.45, 2.75) is 64.7 Å². The number of benzene rings is 1. The molecule has 0 aliphatic heterocycles. The Morgan fingerprint density at radius 2 is 1.11 bits per heavy atom. The molecule has 3 heteroatoms. The van der Waals surface area contributed by atoms with E-state index in [4.69, 9.17) is 17.0 Å². The Bertz CT molecular complexity index is 742. The summed E-state index contributed by atoms with van der Waals surface area (Å²) in [5.41, 5.74) is 1.50. The average Bonchev–Trinajstić information content (AvgIpc) is 3.44. The molecule has 0 spiro atoms. The molecule has 5 rings (SSSR count). The molecule has 0 aromatic heterocycles. The van der Waals surface area contributed by atoms with Crippen LogP contribution >= 0.6 is 17.0 Å². The molecular formula is C32H46Cl2Zr. The second-order valence-corrected chi connectivity index (χ2v) is 13.9. The number of halogens is 2. The van der Waals surface area contributed by atoms with E-state index in [0.717, 1.165) is 35.5 Å². The van der Waals surface area contributed by atoms with Crippen LogP contribution in [0.2, 0.25) is 0 Å². The van der Waals surface area contributed by atoms with Crippen LogP contribution in [-0.4, -0.2) is 0 Å². The van der Waals surface area contributed by atoms with Gasteiger partial charge in [-0.2, -0.15) is 0 Å². The van der Waals surface area contributed by atoms with Gasteiger partial charge in [0.25, 0.3) is 0 Å². The molecule has 4 atom stereocenters. The molecule has 2 fully saturated rings. The molecule has 1 aromatic rings. The summed E-state index contributed by atoms with van der Waals surface area (Å²) in [6, 6.07) is 10.9. The Balaban J connectivity index is 0.000000302. The van der Waals surface area contributed by atoms with Crippen molar-refractivity contribution >= 4 is 17.0 Å². The van der Waals surface area contributed by atoms with Crippen LogP contribution in [0.15, 0.2) is 78.9 Å². The van der Waals surface area contributed by atoms with Crippen molar-refractivity contribution in [3.8, 4) is 0 Å². The molecule has 4 aliphatic carbocycles. The van der Waals surface area contributed by atoms with Crippen molar-refractivity contribution in [1.29, 1.82) is 0 Å². The van der Waals surface area contributed by atoms with Crippen molar-refractivity contribution in [3.63, 3.8) is 0 Å². The minimum atomic E-state index is -0.826. The maximum atomic E-state index is 4.93. The summed E-state index contributed by atoms with van der Waals surface area (Å²) in [6.07, 6.45) is 31.2. The van der Waals surface area contributed by atoms with Gasteiger partial charge in [0.05, 0.1) is 0 Å². The zero-order valence-electron chi connectivity index (χ0n) is 22.1. The summed E-state index contributed by atoms with van der Waals surface area (Å²) in [6.45, 7) is 2.29. The zero-order valence-corrected chi connectivity index (χ0v) is 26.1. The van der Waals surface area contributed by atoms with Gasteiger partial charge in [0.15, 0.2) is 0 Å². The molecule has 4 unspecified atom stereocenters. The predicted molar refractivity (Wildman–Crippen MR) is 155 cm³/mol. The molecule has 1 aromatic carbocycles. The van der Waals surface area contributed by atoms with Crippen LogP contribution in [0.4, 0.5) is 0 Å². The molecule has 4 aliphatic rings. The van der Waals surface area contributed by atoms with Crippen molar-refractivity contribution in [1.82, 2.24) is 0 Å². The third-order valence-corrected chi connectivity index (χ3v) is 7.76. The van der Waals surface area contributed by atoms with Gasteiger partial charge in [0.2, 0.25) is 0 Å². The van der Waals surface area contributed by atoms with Crippen LogP contribution in [-0.2, 0) is 27.3 Å². The van der Waals surface area contributed by atoms with E-state index in [1.54, 1.807) is 0 Å². The molecule has 0 heterocycles. The Morgan fingerprint density at radius 3 is 1.54 bits per heavy atom. The molecule has 0 nitrogen and oxygen atoms in total. The van der Waals surface area contributed by atoms with E-state index in [1.807, 2.05) is 0 Å². The summed E-state index contributed by atoms with van der Waals surface area (Å²) in [4.78, 5) is 0. The fourth-order valence-electron chi connectivity index (χ4n) is 6.18. The number of unbranched alkanes of at least 4 members (excludes halogenated alkanes) is 2. The first-order valence-corrected chi connectivity index (χ1v) is 19.3. The topological polar surface area (TPSA) is 0 Å². The third kappa shape index (κ3) is 11.3. The van der Waals surface area contributed by atoms with Gasteiger partial charge in [-0.25, -0.2) is 0 Å². The van der Waals surface area contributed by atoms with E-state index >= 15 is 0 Å². The number of hydrogen-bond acceptors (Lipinski definition) is 0. The summed E-state index contributed by atoms with van der Waals surface area (Å²) < 4.78 is 0. The van der Waals surface area contributed by atoms with Gasteiger partial charge in [0, 0.05) is 0 Å². The van der Waals surface area contributed by atoms with Gasteiger partial charge < -0.3 is 14.9 Å². The Morgan fingerprint density at radius 1 is 0.686 bits per heavy atom. The quantitative estimate of drug-likeness (QED) is 0.228. The minimum absolute atomic E-state index is 0. The second kappa shape index (κ2) is 18.8. The SMILES string of the molecule is C1=CC2CC(Cc3ccccc3)CC2C=C1.CCCCCC1CC2C=CC=CC2C1.[CH3-].[CH3-].[Cl][Zr+2][Cl]. The molecule has 192 valence electrons. The van der Waals surface area contributed by atoms with Gasteiger partial charge >= 0.3 is 37.9 Å². The standard InChI is InChI=1S/C16H18.C14H22.2CH3.2ClH.Zr/c1-2-6-13(7-3-1)10-14-11-15-8-4-5-9-16(15)12-14;1-2-3-4-7-12-10-13-8-5-6-9-14(13)11-12;;;;;/h1-9,14-16H,10-12H2;5-6,8-9,12-14H,2-4,7,10-11H2,1H3;2*1H3;2*1H;/q;;2*-1;;;+4/p-2. The molecule has 0 bridgehead atoms. The number of fused-ring (bicyclic) bond motifs is 2. The summed E-state index contributed by atoms with van der Waals surface area (Å²) in [5.74, 6) is 5.30. The summed E-state index contributed by atoms with van der Waals surface area (Å²) in [5, 5.41) is 0. The number of allylic oxidation sites excluding steroid dienone is 8. The maximum absolute atomic E-state index is 4.93. The molecule has 0 saturated heterocycles. The fraction of sp³-hybridized carbons (Fsp3) is 0.500. The van der Waals surface area contributed by atoms with Gasteiger partial charge in [0.1, 0.15) is 0 Å². The normalized spacial score (nSPS) is 28.7. The zero-order chi connectivity index (χ0) is 23.3. The predicted octanol–water partition coefficient (Wildman–Crippen LogP) is 10.6. The van der Waals surface area contributed by atoms with Gasteiger partial charge in [-0.1, -0.05) is 112 Å². The van der Waals surface area contributed by atoms with Crippen LogP contribution in [0.3, 0.4) is 0 Å². The van der Waals surface area contributed by atoms with Gasteiger partial charge in [-0.05, 0) is 73.2 Å². The first-order chi connectivity index (χ1) is 16.2. The number of rotatable bonds is 6. The van der Waals surface area contributed by atoms with Crippen LogP contribution < -0.4 is 0 Å². The third-order valence-electron chi connectivity index (χ3n) is 7.76. The van der Waals surface area contributed by atoms with Crippen molar-refractivity contribution < 1.29 is 20.8 Å². The molecule has 0 N–H and O–H groups in total. The van der Waals surface area contributed by atoms with E-state index in [0.29, 0.717) is 0 Å². The van der Waals surface area contributed by atoms with Gasteiger partial charge in [-0.15, -0.1) is 0 Å². The van der Waals surface area contributed by atoms with E-state index < -0.39 is 20.8 Å². The van der Waals surface area contributed by atoms with Crippen molar-refractivity contribution in [2.24, 2.45) is 35.5 Å². The summed E-state index contributed by atoms with van der Waals surface area (Å²) in [7, 11) is 9.87. The first-order valence-electron chi connectivity index (χ1n) is 12.9. The summed E-state index contributed by atoms with van der Waals surface area (Å²) >= 11 is -0.826. The van der Waals surface area contributed by atoms with E-state index in [1.165, 1.54) is 63.4 Å². The molecule has 2 saturated carbocycles. The van der Waals surface area contributed by atoms with Crippen LogP contribution in [0.1, 0.15) is 63.9 Å². The Labute approximate surface area is 236 Å². The second-order valence-electron chi connectivity index (χ2n) is 10.1. The van der Waals surface area contributed by atoms with E-state index in [-0.39, 0.29) is 14.9 Å². The average molecular weight is 593 g/mol. The van der Waals surface area contributed by atoms with Crippen LogP contribution in [0.5, 0.6) is 0 Å². The molecule has 0 radical (unpaired) electrons. The van der Waals surface area contributed by atoms with E-state index in [9.17, 15) is 0 Å². The van der Waals surface area contributed by atoms with Crippen LogP contribution in [0, 0.1) is 50.4 Å². The van der Waals surface area contributed by atoms with E-state index in [2.05, 4.69) is 85.9 Å².